The maximum absolute atomic E-state index is 9.30. The third kappa shape index (κ3) is 2.62. The molecule has 6 heteroatoms. The minimum atomic E-state index is -1.08. The van der Waals surface area contributed by atoms with Gasteiger partial charge in [-0.3, -0.25) is 0 Å². The summed E-state index contributed by atoms with van der Waals surface area (Å²) < 4.78 is 27.3. The molecular formula is C11H22O6. The fourth-order valence-electron chi connectivity index (χ4n) is 1.87. The van der Waals surface area contributed by atoms with Crippen molar-refractivity contribution in [1.29, 1.82) is 0 Å². The molecule has 1 aliphatic rings. The molecule has 1 fully saturated rings. The van der Waals surface area contributed by atoms with Crippen molar-refractivity contribution in [2.24, 2.45) is 0 Å². The first kappa shape index (κ1) is 14.8. The minimum absolute atomic E-state index is 0.174. The molecule has 6 nitrogen and oxygen atoms in total. The zero-order valence-corrected chi connectivity index (χ0v) is 11.1. The quantitative estimate of drug-likeness (QED) is 0.748. The molecule has 1 rings (SSSR count). The fraction of sp³-hybridized carbons (Fsp3) is 1.00. The molecule has 0 unspecified atom stereocenters. The van der Waals surface area contributed by atoms with E-state index in [0.29, 0.717) is 6.61 Å². The number of hydrogen-bond donors (Lipinski definition) is 1. The second-order valence-electron chi connectivity index (χ2n) is 4.25. The zero-order chi connectivity index (χ0) is 13.1. The first-order valence-corrected chi connectivity index (χ1v) is 5.52. The summed E-state index contributed by atoms with van der Waals surface area (Å²) in [5.41, 5.74) is 0. The molecule has 0 aromatic carbocycles. The average Bonchev–Trinajstić information content (AvgIpc) is 2.34. The summed E-state index contributed by atoms with van der Waals surface area (Å²) in [4.78, 5) is 0. The zero-order valence-electron chi connectivity index (χ0n) is 11.1. The van der Waals surface area contributed by atoms with Gasteiger partial charge in [0.25, 0.3) is 0 Å². The van der Waals surface area contributed by atoms with E-state index in [-0.39, 0.29) is 6.61 Å². The normalized spacial score (nSPS) is 42.7. The van der Waals surface area contributed by atoms with Crippen LogP contribution in [0.4, 0.5) is 0 Å². The highest BCUT2D eigenvalue weighted by Crippen LogP contribution is 2.38. The maximum Gasteiger partial charge on any atom is 0.220 e. The molecule has 0 aromatic rings. The second kappa shape index (κ2) is 5.60. The Morgan fingerprint density at radius 1 is 1.00 bits per heavy atom. The van der Waals surface area contributed by atoms with Gasteiger partial charge in [0.2, 0.25) is 11.6 Å². The highest BCUT2D eigenvalue weighted by Gasteiger charge is 2.56. The van der Waals surface area contributed by atoms with Gasteiger partial charge < -0.3 is 28.8 Å². The molecule has 0 saturated carbocycles. The Morgan fingerprint density at radius 2 is 1.47 bits per heavy atom. The average molecular weight is 250 g/mol. The second-order valence-corrected chi connectivity index (χ2v) is 4.25. The summed E-state index contributed by atoms with van der Waals surface area (Å²) in [5, 5.41) is 9.30. The van der Waals surface area contributed by atoms with Gasteiger partial charge in [0.05, 0.1) is 13.2 Å². The molecule has 4 atom stereocenters. The molecule has 0 bridgehead atoms. The smallest absolute Gasteiger partial charge is 0.220 e. The van der Waals surface area contributed by atoms with Gasteiger partial charge in [0.1, 0.15) is 12.2 Å². The lowest BCUT2D eigenvalue weighted by Gasteiger charge is -2.51. The molecule has 0 radical (unpaired) electrons. The number of aliphatic hydroxyl groups excluding tert-OH is 1. The highest BCUT2D eigenvalue weighted by molar-refractivity contribution is 4.90. The third-order valence-corrected chi connectivity index (χ3v) is 3.28. The van der Waals surface area contributed by atoms with Gasteiger partial charge in [-0.2, -0.15) is 0 Å². The van der Waals surface area contributed by atoms with E-state index in [0.717, 1.165) is 0 Å². The van der Waals surface area contributed by atoms with Crippen molar-refractivity contribution in [1.82, 2.24) is 0 Å². The molecule has 1 saturated heterocycles. The summed E-state index contributed by atoms with van der Waals surface area (Å²) in [6, 6.07) is 0. The van der Waals surface area contributed by atoms with Crippen LogP contribution in [0.1, 0.15) is 13.8 Å². The van der Waals surface area contributed by atoms with Crippen LogP contribution in [0.5, 0.6) is 0 Å². The number of hydrogen-bond acceptors (Lipinski definition) is 6. The van der Waals surface area contributed by atoms with Crippen LogP contribution in [0.25, 0.3) is 0 Å². The van der Waals surface area contributed by atoms with Gasteiger partial charge in [-0.1, -0.05) is 0 Å². The molecule has 1 heterocycles. The molecule has 0 aromatic heterocycles. The van der Waals surface area contributed by atoms with Crippen LogP contribution in [0.2, 0.25) is 0 Å². The molecular weight excluding hydrogens is 228 g/mol. The van der Waals surface area contributed by atoms with Gasteiger partial charge in [-0.25, -0.2) is 0 Å². The van der Waals surface area contributed by atoms with Crippen molar-refractivity contribution in [3.8, 4) is 0 Å². The predicted molar refractivity (Wildman–Crippen MR) is 59.5 cm³/mol. The molecule has 1 aliphatic heterocycles. The van der Waals surface area contributed by atoms with Gasteiger partial charge in [0.15, 0.2) is 0 Å². The van der Waals surface area contributed by atoms with Crippen molar-refractivity contribution < 1.29 is 28.8 Å². The molecule has 1 N–H and O–H groups in total. The van der Waals surface area contributed by atoms with E-state index in [1.54, 1.807) is 21.0 Å². The monoisotopic (exact) mass is 250 g/mol. The van der Waals surface area contributed by atoms with Crippen LogP contribution in [-0.4, -0.2) is 63.4 Å². The van der Waals surface area contributed by atoms with Crippen LogP contribution in [-0.2, 0) is 23.7 Å². The van der Waals surface area contributed by atoms with Gasteiger partial charge >= 0.3 is 0 Å². The fourth-order valence-corrected chi connectivity index (χ4v) is 1.87. The molecule has 0 spiro atoms. The summed E-state index contributed by atoms with van der Waals surface area (Å²) in [5.74, 6) is -2.14. The van der Waals surface area contributed by atoms with Gasteiger partial charge in [0, 0.05) is 21.3 Å². The highest BCUT2D eigenvalue weighted by atomic mass is 16.8. The maximum atomic E-state index is 9.30. The minimum Gasteiger partial charge on any atom is -0.394 e. The van der Waals surface area contributed by atoms with Gasteiger partial charge in [-0.05, 0) is 13.8 Å². The summed E-state index contributed by atoms with van der Waals surface area (Å²) in [6.45, 7) is 3.58. The number of rotatable bonds is 5. The van der Waals surface area contributed by atoms with Crippen LogP contribution in [0.15, 0.2) is 0 Å². The largest absolute Gasteiger partial charge is 0.394 e. The lowest BCUT2D eigenvalue weighted by atomic mass is 10.0. The Kier molecular flexibility index (Phi) is 4.88. The molecule has 17 heavy (non-hydrogen) atoms. The van der Waals surface area contributed by atoms with Crippen molar-refractivity contribution in [3.05, 3.63) is 0 Å². The first-order valence-electron chi connectivity index (χ1n) is 5.52. The summed E-state index contributed by atoms with van der Waals surface area (Å²) in [6.07, 6.45) is -0.915. The summed E-state index contributed by atoms with van der Waals surface area (Å²) in [7, 11) is 4.58. The number of methoxy groups -OCH3 is 3. The van der Waals surface area contributed by atoms with Crippen LogP contribution >= 0.6 is 0 Å². The van der Waals surface area contributed by atoms with Crippen LogP contribution < -0.4 is 0 Å². The Hall–Kier alpha value is -0.240. The Balaban J connectivity index is 2.92. The van der Waals surface area contributed by atoms with Crippen LogP contribution in [0, 0.1) is 0 Å². The van der Waals surface area contributed by atoms with Crippen molar-refractivity contribution >= 4 is 0 Å². The summed E-state index contributed by atoms with van der Waals surface area (Å²) >= 11 is 0. The Labute approximate surface area is 102 Å². The van der Waals surface area contributed by atoms with Crippen LogP contribution in [0.3, 0.4) is 0 Å². The van der Waals surface area contributed by atoms with E-state index in [1.165, 1.54) is 14.2 Å². The van der Waals surface area contributed by atoms with Crippen molar-refractivity contribution in [3.63, 3.8) is 0 Å². The van der Waals surface area contributed by atoms with E-state index in [9.17, 15) is 5.11 Å². The van der Waals surface area contributed by atoms with E-state index >= 15 is 0 Å². The molecule has 0 amide bonds. The topological polar surface area (TPSA) is 66.4 Å². The Bertz CT molecular complexity index is 248. The third-order valence-electron chi connectivity index (χ3n) is 3.28. The molecule has 0 aliphatic carbocycles. The van der Waals surface area contributed by atoms with Crippen molar-refractivity contribution in [2.45, 2.75) is 37.6 Å². The lowest BCUT2D eigenvalue weighted by Crippen LogP contribution is -2.66. The molecule has 102 valence electrons. The van der Waals surface area contributed by atoms with E-state index in [2.05, 4.69) is 0 Å². The van der Waals surface area contributed by atoms with E-state index < -0.39 is 23.8 Å². The predicted octanol–water partition coefficient (Wildman–Crippen LogP) is 0.134. The standard InChI is InChI=1S/C11H22O6/c1-10(14-4)11(2,15-5)17-9(7-13-3)8(6-12)16-10/h8-9,12H,6-7H2,1-5H3/t8-,9+,10+,11+/m0/s1. The number of ether oxygens (including phenoxy) is 5. The number of aliphatic hydroxyl groups is 1. The lowest BCUT2D eigenvalue weighted by molar-refractivity contribution is -0.451. The Morgan fingerprint density at radius 3 is 1.82 bits per heavy atom. The van der Waals surface area contributed by atoms with E-state index in [1.807, 2.05) is 0 Å². The van der Waals surface area contributed by atoms with Crippen molar-refractivity contribution in [2.75, 3.05) is 34.5 Å². The van der Waals surface area contributed by atoms with Gasteiger partial charge in [-0.15, -0.1) is 0 Å². The first-order chi connectivity index (χ1) is 7.96. The SMILES string of the molecule is COC[C@H]1O[C@@](C)(OC)[C@](C)(OC)O[C@H]1CO. The van der Waals surface area contributed by atoms with E-state index in [4.69, 9.17) is 23.7 Å².